The number of rotatable bonds is 7. The first-order chi connectivity index (χ1) is 13.7. The van der Waals surface area contributed by atoms with Gasteiger partial charge in [0, 0.05) is 18.8 Å². The number of anilines is 1. The zero-order valence-corrected chi connectivity index (χ0v) is 16.8. The third-order valence-electron chi connectivity index (χ3n) is 5.23. The van der Waals surface area contributed by atoms with E-state index in [1.54, 1.807) is 7.11 Å². The number of likely N-dealkylation sites (tertiary alicyclic amines) is 1. The normalized spacial score (nSPS) is 14.6. The molecule has 1 saturated heterocycles. The van der Waals surface area contributed by atoms with Gasteiger partial charge in [-0.25, -0.2) is 4.79 Å². The molecule has 0 unspecified atom stereocenters. The number of hydrogen-bond donors (Lipinski definition) is 1. The summed E-state index contributed by atoms with van der Waals surface area (Å²) in [6, 6.07) is 15.7. The zero-order chi connectivity index (χ0) is 19.8. The van der Waals surface area contributed by atoms with Crippen LogP contribution >= 0.6 is 0 Å². The van der Waals surface area contributed by atoms with Gasteiger partial charge in [-0.15, -0.1) is 0 Å². The highest BCUT2D eigenvalue weighted by Crippen LogP contribution is 2.34. The number of para-hydroxylation sites is 1. The Morgan fingerprint density at radius 3 is 2.50 bits per heavy atom. The van der Waals surface area contributed by atoms with Crippen LogP contribution in [0.5, 0.6) is 11.5 Å². The van der Waals surface area contributed by atoms with Gasteiger partial charge in [-0.3, -0.25) is 0 Å². The third kappa shape index (κ3) is 5.18. The minimum absolute atomic E-state index is 0.0434. The average molecular weight is 383 g/mol. The lowest BCUT2D eigenvalue weighted by Gasteiger charge is -2.32. The Balaban J connectivity index is 1.50. The Morgan fingerprint density at radius 1 is 1.11 bits per heavy atom. The van der Waals surface area contributed by atoms with E-state index in [0.717, 1.165) is 62.6 Å². The van der Waals surface area contributed by atoms with Crippen molar-refractivity contribution in [1.29, 1.82) is 0 Å². The minimum Gasteiger partial charge on any atom is -0.496 e. The van der Waals surface area contributed by atoms with Gasteiger partial charge in [-0.2, -0.15) is 0 Å². The largest absolute Gasteiger partial charge is 0.496 e. The molecule has 0 aliphatic carbocycles. The van der Waals surface area contributed by atoms with Crippen molar-refractivity contribution in [2.75, 3.05) is 32.1 Å². The second-order valence-corrected chi connectivity index (χ2v) is 7.16. The first kappa shape index (κ1) is 20.1. The van der Waals surface area contributed by atoms with Crippen molar-refractivity contribution in [3.05, 3.63) is 54.1 Å². The van der Waals surface area contributed by atoms with Gasteiger partial charge in [0.05, 0.1) is 13.7 Å². The monoisotopic (exact) mass is 382 g/mol. The van der Waals surface area contributed by atoms with Crippen LogP contribution in [0, 0.1) is 0 Å². The molecule has 0 spiro atoms. The molecule has 2 aromatic carbocycles. The molecule has 0 bridgehead atoms. The predicted molar refractivity (Wildman–Crippen MR) is 112 cm³/mol. The molecule has 0 aromatic heterocycles. The first-order valence-corrected chi connectivity index (χ1v) is 10.1. The average Bonchev–Trinajstić information content (AvgIpc) is 2.75. The van der Waals surface area contributed by atoms with E-state index in [4.69, 9.17) is 9.47 Å². The van der Waals surface area contributed by atoms with Gasteiger partial charge in [0.15, 0.2) is 0 Å². The Labute approximate surface area is 167 Å². The number of piperidine rings is 1. The van der Waals surface area contributed by atoms with E-state index in [-0.39, 0.29) is 6.03 Å². The summed E-state index contributed by atoms with van der Waals surface area (Å²) in [5.41, 5.74) is 2.03. The Morgan fingerprint density at radius 2 is 1.82 bits per heavy atom. The number of methoxy groups -OCH3 is 1. The Bertz CT molecular complexity index is 753. The van der Waals surface area contributed by atoms with Crippen molar-refractivity contribution in [2.24, 2.45) is 0 Å². The van der Waals surface area contributed by atoms with Crippen LogP contribution in [0.4, 0.5) is 10.5 Å². The molecule has 1 fully saturated rings. The van der Waals surface area contributed by atoms with E-state index in [0.29, 0.717) is 5.92 Å². The number of carbonyl (C=O) groups is 1. The van der Waals surface area contributed by atoms with Crippen LogP contribution < -0.4 is 14.8 Å². The van der Waals surface area contributed by atoms with E-state index in [1.807, 2.05) is 47.4 Å². The number of benzene rings is 2. The van der Waals surface area contributed by atoms with Crippen LogP contribution in [0.25, 0.3) is 0 Å². The first-order valence-electron chi connectivity index (χ1n) is 10.1. The molecular weight excluding hydrogens is 352 g/mol. The molecule has 1 heterocycles. The van der Waals surface area contributed by atoms with Crippen molar-refractivity contribution in [3.8, 4) is 11.5 Å². The van der Waals surface area contributed by atoms with Crippen molar-refractivity contribution < 1.29 is 14.3 Å². The number of urea groups is 1. The van der Waals surface area contributed by atoms with E-state index in [1.165, 1.54) is 5.56 Å². The van der Waals surface area contributed by atoms with Crippen LogP contribution in [-0.2, 0) is 0 Å². The predicted octanol–water partition coefficient (Wildman–Crippen LogP) is 5.29. The molecule has 0 atom stereocenters. The molecule has 2 aromatic rings. The summed E-state index contributed by atoms with van der Waals surface area (Å²) < 4.78 is 11.2. The number of carbonyl (C=O) groups excluding carboxylic acids is 1. The Kier molecular flexibility index (Phi) is 7.18. The number of nitrogens with zero attached hydrogens (tertiary/aromatic N) is 1. The topological polar surface area (TPSA) is 50.8 Å². The molecule has 28 heavy (non-hydrogen) atoms. The summed E-state index contributed by atoms with van der Waals surface area (Å²) in [6.07, 6.45) is 4.04. The molecule has 1 aliphatic rings. The lowest BCUT2D eigenvalue weighted by molar-refractivity contribution is 0.194. The number of unbranched alkanes of at least 4 members (excludes halogenated alkanes) is 1. The fourth-order valence-electron chi connectivity index (χ4n) is 3.57. The zero-order valence-electron chi connectivity index (χ0n) is 16.8. The molecule has 3 rings (SSSR count). The number of hydrogen-bond acceptors (Lipinski definition) is 3. The van der Waals surface area contributed by atoms with Gasteiger partial charge in [-0.1, -0.05) is 31.5 Å². The van der Waals surface area contributed by atoms with Crippen LogP contribution in [0.15, 0.2) is 48.5 Å². The Hall–Kier alpha value is -2.69. The SMILES string of the molecule is CCCCOc1ccc(NC(=O)N2CCC(c3ccccc3OC)CC2)cc1. The molecule has 2 amide bonds. The number of ether oxygens (including phenoxy) is 2. The van der Waals surface area contributed by atoms with Gasteiger partial charge in [-0.05, 0) is 61.1 Å². The molecule has 0 saturated carbocycles. The van der Waals surface area contributed by atoms with Crippen LogP contribution in [0.3, 0.4) is 0 Å². The summed E-state index contributed by atoms with van der Waals surface area (Å²) in [5, 5.41) is 2.99. The molecule has 150 valence electrons. The fraction of sp³-hybridized carbons (Fsp3) is 0.435. The minimum atomic E-state index is -0.0434. The molecular formula is C23H30N2O3. The molecule has 5 heteroatoms. The van der Waals surface area contributed by atoms with Crippen molar-refractivity contribution >= 4 is 11.7 Å². The quantitative estimate of drug-likeness (QED) is 0.662. The van der Waals surface area contributed by atoms with Gasteiger partial charge < -0.3 is 19.7 Å². The standard InChI is InChI=1S/C23H30N2O3/c1-3-4-17-28-20-11-9-19(10-12-20)24-23(26)25-15-13-18(14-16-25)21-7-5-6-8-22(21)27-2/h5-12,18H,3-4,13-17H2,1-2H3,(H,24,26). The molecule has 1 aliphatic heterocycles. The fourth-order valence-corrected chi connectivity index (χ4v) is 3.57. The van der Waals surface area contributed by atoms with Crippen LogP contribution in [-0.4, -0.2) is 37.7 Å². The van der Waals surface area contributed by atoms with Gasteiger partial charge >= 0.3 is 6.03 Å². The second kappa shape index (κ2) is 10.0. The summed E-state index contributed by atoms with van der Waals surface area (Å²) >= 11 is 0. The van der Waals surface area contributed by atoms with Crippen molar-refractivity contribution in [1.82, 2.24) is 4.90 Å². The highest BCUT2D eigenvalue weighted by Gasteiger charge is 2.25. The summed E-state index contributed by atoms with van der Waals surface area (Å²) in [4.78, 5) is 14.5. The maximum absolute atomic E-state index is 12.6. The highest BCUT2D eigenvalue weighted by molar-refractivity contribution is 5.89. The van der Waals surface area contributed by atoms with Crippen molar-refractivity contribution in [2.45, 2.75) is 38.5 Å². The summed E-state index contributed by atoms with van der Waals surface area (Å²) in [6.45, 7) is 4.35. The lowest BCUT2D eigenvalue weighted by Crippen LogP contribution is -2.40. The lowest BCUT2D eigenvalue weighted by atomic mass is 9.89. The van der Waals surface area contributed by atoms with Crippen LogP contribution in [0.2, 0.25) is 0 Å². The van der Waals surface area contributed by atoms with Gasteiger partial charge in [0.1, 0.15) is 11.5 Å². The van der Waals surface area contributed by atoms with Crippen molar-refractivity contribution in [3.63, 3.8) is 0 Å². The molecule has 0 radical (unpaired) electrons. The van der Waals surface area contributed by atoms with E-state index >= 15 is 0 Å². The van der Waals surface area contributed by atoms with E-state index in [9.17, 15) is 4.79 Å². The van der Waals surface area contributed by atoms with Gasteiger partial charge in [0.2, 0.25) is 0 Å². The highest BCUT2D eigenvalue weighted by atomic mass is 16.5. The number of amides is 2. The van der Waals surface area contributed by atoms with E-state index in [2.05, 4.69) is 18.3 Å². The van der Waals surface area contributed by atoms with Crippen LogP contribution in [0.1, 0.15) is 44.1 Å². The third-order valence-corrected chi connectivity index (χ3v) is 5.23. The van der Waals surface area contributed by atoms with Gasteiger partial charge in [0.25, 0.3) is 0 Å². The summed E-state index contributed by atoms with van der Waals surface area (Å²) in [7, 11) is 1.71. The maximum Gasteiger partial charge on any atom is 0.321 e. The second-order valence-electron chi connectivity index (χ2n) is 7.16. The maximum atomic E-state index is 12.6. The van der Waals surface area contributed by atoms with E-state index < -0.39 is 0 Å². The number of nitrogens with one attached hydrogen (secondary N) is 1. The molecule has 5 nitrogen and oxygen atoms in total. The smallest absolute Gasteiger partial charge is 0.321 e. The molecule has 1 N–H and O–H groups in total. The summed E-state index contributed by atoms with van der Waals surface area (Å²) in [5.74, 6) is 2.20.